The van der Waals surface area contributed by atoms with Crippen LogP contribution in [0.1, 0.15) is 12.8 Å². The maximum Gasteiger partial charge on any atom is 0.226 e. The molecular formula is C16H23N7O. The fourth-order valence-corrected chi connectivity index (χ4v) is 2.72. The monoisotopic (exact) mass is 329 g/mol. The number of aromatic nitrogens is 4. The van der Waals surface area contributed by atoms with E-state index in [0.29, 0.717) is 11.9 Å². The van der Waals surface area contributed by atoms with E-state index in [9.17, 15) is 0 Å². The van der Waals surface area contributed by atoms with E-state index in [2.05, 4.69) is 30.2 Å². The van der Waals surface area contributed by atoms with Gasteiger partial charge in [-0.25, -0.2) is 15.0 Å². The Kier molecular flexibility index (Phi) is 4.93. The first kappa shape index (κ1) is 16.2. The number of piperidine rings is 1. The quantitative estimate of drug-likeness (QED) is 0.882. The molecule has 2 aromatic rings. The van der Waals surface area contributed by atoms with Crippen LogP contribution in [-0.4, -0.2) is 60.3 Å². The maximum atomic E-state index is 5.13. The van der Waals surface area contributed by atoms with Crippen LogP contribution in [0.3, 0.4) is 0 Å². The number of nitrogens with one attached hydrogen (secondary N) is 1. The summed E-state index contributed by atoms with van der Waals surface area (Å²) in [5.74, 6) is 3.09. The molecule has 8 nitrogen and oxygen atoms in total. The molecule has 0 atom stereocenters. The van der Waals surface area contributed by atoms with Crippen LogP contribution in [0.4, 0.5) is 17.6 Å². The highest BCUT2D eigenvalue weighted by Crippen LogP contribution is 2.21. The van der Waals surface area contributed by atoms with E-state index in [1.807, 2.05) is 37.3 Å². The molecular weight excluding hydrogens is 306 g/mol. The Morgan fingerprint density at radius 3 is 2.71 bits per heavy atom. The third-order valence-corrected chi connectivity index (χ3v) is 4.05. The second kappa shape index (κ2) is 7.29. The molecule has 0 bridgehead atoms. The van der Waals surface area contributed by atoms with Gasteiger partial charge < -0.3 is 19.9 Å². The summed E-state index contributed by atoms with van der Waals surface area (Å²) in [7, 11) is 5.50. The molecule has 24 heavy (non-hydrogen) atoms. The third-order valence-electron chi connectivity index (χ3n) is 4.05. The number of nitrogens with zero attached hydrogens (tertiary/aromatic N) is 6. The number of rotatable bonds is 5. The summed E-state index contributed by atoms with van der Waals surface area (Å²) in [6.45, 7) is 1.90. The Morgan fingerprint density at radius 1 is 1.21 bits per heavy atom. The number of anilines is 3. The zero-order valence-corrected chi connectivity index (χ0v) is 14.3. The first-order chi connectivity index (χ1) is 11.7. The summed E-state index contributed by atoms with van der Waals surface area (Å²) in [6.07, 6.45) is 5.37. The maximum absolute atomic E-state index is 5.13. The molecule has 2 aromatic heterocycles. The summed E-state index contributed by atoms with van der Waals surface area (Å²) in [5, 5.41) is 3.46. The van der Waals surface area contributed by atoms with Crippen molar-refractivity contribution < 1.29 is 4.74 Å². The van der Waals surface area contributed by atoms with Gasteiger partial charge >= 0.3 is 0 Å². The van der Waals surface area contributed by atoms with Crippen LogP contribution in [-0.2, 0) is 0 Å². The molecule has 3 heterocycles. The van der Waals surface area contributed by atoms with Gasteiger partial charge in [0.15, 0.2) is 0 Å². The van der Waals surface area contributed by atoms with Crippen LogP contribution in [0.15, 0.2) is 24.7 Å². The van der Waals surface area contributed by atoms with Crippen molar-refractivity contribution in [2.75, 3.05) is 49.4 Å². The van der Waals surface area contributed by atoms with Crippen LogP contribution in [0, 0.1) is 0 Å². The summed E-state index contributed by atoms with van der Waals surface area (Å²) in [5.41, 5.74) is 0. The molecule has 0 saturated carbocycles. The zero-order valence-electron chi connectivity index (χ0n) is 14.3. The third kappa shape index (κ3) is 3.81. The molecule has 0 aromatic carbocycles. The molecule has 1 aliphatic heterocycles. The summed E-state index contributed by atoms with van der Waals surface area (Å²) < 4.78 is 5.13. The predicted octanol–water partition coefficient (Wildman–Crippen LogP) is 1.42. The summed E-state index contributed by atoms with van der Waals surface area (Å²) in [4.78, 5) is 21.4. The Morgan fingerprint density at radius 2 is 2.00 bits per heavy atom. The molecule has 0 amide bonds. The van der Waals surface area contributed by atoms with Gasteiger partial charge in [-0.2, -0.15) is 4.98 Å². The Bertz CT molecular complexity index is 671. The number of methoxy groups -OCH3 is 1. The van der Waals surface area contributed by atoms with Gasteiger partial charge in [0, 0.05) is 45.5 Å². The fourth-order valence-electron chi connectivity index (χ4n) is 2.72. The Hall–Kier alpha value is -2.64. The standard InChI is InChI=1S/C16H23N7O/c1-22(2)16-17-7-4-14(21-16)23-8-5-12(6-9-23)20-13-10-15(24-3)19-11-18-13/h4,7,10-12H,5-6,8-9H2,1-3H3,(H,18,19,20). The molecule has 0 unspecified atom stereocenters. The van der Waals surface area contributed by atoms with Gasteiger partial charge in [-0.1, -0.05) is 0 Å². The minimum atomic E-state index is 0.385. The highest BCUT2D eigenvalue weighted by atomic mass is 16.5. The van der Waals surface area contributed by atoms with Gasteiger partial charge in [-0.3, -0.25) is 0 Å². The van der Waals surface area contributed by atoms with E-state index in [1.54, 1.807) is 7.11 Å². The van der Waals surface area contributed by atoms with E-state index < -0.39 is 0 Å². The van der Waals surface area contributed by atoms with E-state index in [1.165, 1.54) is 6.33 Å². The molecule has 1 saturated heterocycles. The lowest BCUT2D eigenvalue weighted by Crippen LogP contribution is -2.39. The summed E-state index contributed by atoms with van der Waals surface area (Å²) >= 11 is 0. The number of hydrogen-bond acceptors (Lipinski definition) is 8. The smallest absolute Gasteiger partial charge is 0.226 e. The molecule has 0 spiro atoms. The normalized spacial score (nSPS) is 15.2. The Balaban J connectivity index is 1.58. The SMILES string of the molecule is COc1cc(NC2CCN(c3ccnc(N(C)C)n3)CC2)ncn1. The minimum Gasteiger partial charge on any atom is -0.481 e. The van der Waals surface area contributed by atoms with E-state index in [-0.39, 0.29) is 0 Å². The average molecular weight is 329 g/mol. The van der Waals surface area contributed by atoms with Crippen molar-refractivity contribution in [3.8, 4) is 5.88 Å². The van der Waals surface area contributed by atoms with Crippen LogP contribution in [0.5, 0.6) is 5.88 Å². The lowest BCUT2D eigenvalue weighted by molar-refractivity contribution is 0.397. The van der Waals surface area contributed by atoms with Gasteiger partial charge in [-0.15, -0.1) is 0 Å². The number of hydrogen-bond donors (Lipinski definition) is 1. The number of ether oxygens (including phenoxy) is 1. The van der Waals surface area contributed by atoms with Gasteiger partial charge in [0.25, 0.3) is 0 Å². The fraction of sp³-hybridized carbons (Fsp3) is 0.500. The lowest BCUT2D eigenvalue weighted by atomic mass is 10.1. The van der Waals surface area contributed by atoms with Crippen LogP contribution >= 0.6 is 0 Å². The molecule has 3 rings (SSSR count). The molecule has 1 N–H and O–H groups in total. The first-order valence-electron chi connectivity index (χ1n) is 8.03. The molecule has 1 fully saturated rings. The molecule has 128 valence electrons. The second-order valence-electron chi connectivity index (χ2n) is 5.96. The molecule has 1 aliphatic rings. The lowest BCUT2D eigenvalue weighted by Gasteiger charge is -2.33. The molecule has 0 radical (unpaired) electrons. The van der Waals surface area contributed by atoms with E-state index in [4.69, 9.17) is 4.74 Å². The Labute approximate surface area is 141 Å². The molecule has 0 aliphatic carbocycles. The van der Waals surface area contributed by atoms with Crippen LogP contribution < -0.4 is 19.9 Å². The van der Waals surface area contributed by atoms with Crippen molar-refractivity contribution in [2.24, 2.45) is 0 Å². The van der Waals surface area contributed by atoms with Gasteiger partial charge in [0.2, 0.25) is 11.8 Å². The molecule has 8 heteroatoms. The first-order valence-corrected chi connectivity index (χ1v) is 8.03. The van der Waals surface area contributed by atoms with Gasteiger partial charge in [-0.05, 0) is 18.9 Å². The van der Waals surface area contributed by atoms with Crippen LogP contribution in [0.2, 0.25) is 0 Å². The summed E-state index contributed by atoms with van der Waals surface area (Å²) in [6, 6.07) is 4.17. The highest BCUT2D eigenvalue weighted by Gasteiger charge is 2.21. The zero-order chi connectivity index (χ0) is 16.9. The van der Waals surface area contributed by atoms with Crippen molar-refractivity contribution >= 4 is 17.6 Å². The van der Waals surface area contributed by atoms with Crippen molar-refractivity contribution in [1.82, 2.24) is 19.9 Å². The predicted molar refractivity (Wildman–Crippen MR) is 93.8 cm³/mol. The van der Waals surface area contributed by atoms with Crippen molar-refractivity contribution in [2.45, 2.75) is 18.9 Å². The van der Waals surface area contributed by atoms with E-state index >= 15 is 0 Å². The second-order valence-corrected chi connectivity index (χ2v) is 5.96. The van der Waals surface area contributed by atoms with Gasteiger partial charge in [0.05, 0.1) is 7.11 Å². The van der Waals surface area contributed by atoms with Crippen molar-refractivity contribution in [3.05, 3.63) is 24.7 Å². The van der Waals surface area contributed by atoms with Gasteiger partial charge in [0.1, 0.15) is 18.0 Å². The largest absolute Gasteiger partial charge is 0.481 e. The van der Waals surface area contributed by atoms with E-state index in [0.717, 1.165) is 43.5 Å². The topological polar surface area (TPSA) is 79.3 Å². The average Bonchev–Trinajstić information content (AvgIpc) is 2.62. The van der Waals surface area contributed by atoms with Crippen molar-refractivity contribution in [3.63, 3.8) is 0 Å². The van der Waals surface area contributed by atoms with Crippen LogP contribution in [0.25, 0.3) is 0 Å². The minimum absolute atomic E-state index is 0.385. The van der Waals surface area contributed by atoms with Crippen molar-refractivity contribution in [1.29, 1.82) is 0 Å². The highest BCUT2D eigenvalue weighted by molar-refractivity contribution is 5.44.